The minimum absolute atomic E-state index is 0.262. The molecular formula is C16H17NO3. The Morgan fingerprint density at radius 3 is 2.45 bits per heavy atom. The number of hydrogen-bond acceptors (Lipinski definition) is 3. The fourth-order valence-electron chi connectivity index (χ4n) is 1.78. The number of amides is 1. The van der Waals surface area contributed by atoms with Gasteiger partial charge in [0.05, 0.1) is 0 Å². The van der Waals surface area contributed by atoms with Crippen LogP contribution in [0, 0.1) is 0 Å². The van der Waals surface area contributed by atoms with Crippen LogP contribution in [-0.4, -0.2) is 17.7 Å². The topological polar surface area (TPSA) is 58.6 Å². The van der Waals surface area contributed by atoms with Gasteiger partial charge in [0.2, 0.25) is 0 Å². The van der Waals surface area contributed by atoms with Gasteiger partial charge >= 0.3 is 6.09 Å². The maximum atomic E-state index is 11.5. The van der Waals surface area contributed by atoms with E-state index in [-0.39, 0.29) is 5.75 Å². The molecule has 0 aliphatic rings. The van der Waals surface area contributed by atoms with Crippen molar-refractivity contribution in [3.05, 3.63) is 60.2 Å². The fraction of sp³-hybridized carbons (Fsp3) is 0.188. The van der Waals surface area contributed by atoms with Gasteiger partial charge in [0.25, 0.3) is 0 Å². The van der Waals surface area contributed by atoms with Crippen LogP contribution in [-0.2, 0) is 6.42 Å². The van der Waals surface area contributed by atoms with Crippen molar-refractivity contribution in [2.75, 3.05) is 6.54 Å². The van der Waals surface area contributed by atoms with Crippen LogP contribution in [0.15, 0.2) is 54.6 Å². The number of para-hydroxylation sites is 1. The molecule has 2 rings (SSSR count). The van der Waals surface area contributed by atoms with Gasteiger partial charge in [-0.2, -0.15) is 0 Å². The standard InChI is InChI=1S/C16H17NO3/c18-14-10-8-13(9-11-14)5-4-12-17-16(19)20-15-6-2-1-3-7-15/h1-3,6-11,18H,4-5,12H2,(H,17,19). The summed E-state index contributed by atoms with van der Waals surface area (Å²) in [7, 11) is 0. The van der Waals surface area contributed by atoms with E-state index in [9.17, 15) is 4.79 Å². The number of aryl methyl sites for hydroxylation is 1. The molecule has 0 spiro atoms. The molecule has 2 N–H and O–H groups in total. The number of ether oxygens (including phenoxy) is 1. The third kappa shape index (κ3) is 4.65. The van der Waals surface area contributed by atoms with Crippen LogP contribution in [0.4, 0.5) is 4.79 Å². The number of aromatic hydroxyl groups is 1. The summed E-state index contributed by atoms with van der Waals surface area (Å²) in [5.74, 6) is 0.793. The zero-order valence-corrected chi connectivity index (χ0v) is 11.1. The van der Waals surface area contributed by atoms with Crippen LogP contribution in [0.1, 0.15) is 12.0 Å². The lowest BCUT2D eigenvalue weighted by molar-refractivity contribution is 0.200. The number of rotatable bonds is 5. The number of phenolic OH excluding ortho intramolecular Hbond substituents is 1. The van der Waals surface area contributed by atoms with Gasteiger partial charge in [0.1, 0.15) is 11.5 Å². The van der Waals surface area contributed by atoms with Crippen molar-refractivity contribution >= 4 is 6.09 Å². The predicted octanol–water partition coefficient (Wildman–Crippen LogP) is 3.11. The van der Waals surface area contributed by atoms with Crippen molar-refractivity contribution in [2.24, 2.45) is 0 Å². The summed E-state index contributed by atoms with van der Waals surface area (Å²) in [5.41, 5.74) is 1.13. The molecule has 0 heterocycles. The lowest BCUT2D eigenvalue weighted by atomic mass is 10.1. The van der Waals surface area contributed by atoms with Gasteiger partial charge in [-0.25, -0.2) is 4.79 Å². The van der Waals surface area contributed by atoms with E-state index in [1.54, 1.807) is 24.3 Å². The normalized spacial score (nSPS) is 10.0. The Kier molecular flexibility index (Phi) is 5.00. The van der Waals surface area contributed by atoms with Gasteiger partial charge in [0.15, 0.2) is 0 Å². The van der Waals surface area contributed by atoms with Crippen molar-refractivity contribution in [1.82, 2.24) is 5.32 Å². The molecule has 1 amide bonds. The van der Waals surface area contributed by atoms with E-state index in [1.807, 2.05) is 30.3 Å². The first kappa shape index (κ1) is 13.9. The minimum Gasteiger partial charge on any atom is -0.508 e. The average Bonchev–Trinajstić information content (AvgIpc) is 2.46. The predicted molar refractivity (Wildman–Crippen MR) is 76.9 cm³/mol. The van der Waals surface area contributed by atoms with Crippen LogP contribution in [0.5, 0.6) is 11.5 Å². The lowest BCUT2D eigenvalue weighted by Crippen LogP contribution is -2.27. The van der Waals surface area contributed by atoms with E-state index in [0.29, 0.717) is 12.3 Å². The number of carbonyl (C=O) groups excluding carboxylic acids is 1. The summed E-state index contributed by atoms with van der Waals surface area (Å²) in [6, 6.07) is 16.0. The van der Waals surface area contributed by atoms with Gasteiger partial charge in [-0.1, -0.05) is 30.3 Å². The molecule has 0 saturated carbocycles. The zero-order valence-electron chi connectivity index (χ0n) is 11.1. The summed E-state index contributed by atoms with van der Waals surface area (Å²) in [5, 5.41) is 11.9. The first-order chi connectivity index (χ1) is 9.74. The lowest BCUT2D eigenvalue weighted by Gasteiger charge is -2.06. The van der Waals surface area contributed by atoms with E-state index in [4.69, 9.17) is 9.84 Å². The molecule has 4 heteroatoms. The molecule has 20 heavy (non-hydrogen) atoms. The molecule has 0 fully saturated rings. The maximum Gasteiger partial charge on any atom is 0.412 e. The molecule has 0 radical (unpaired) electrons. The Morgan fingerprint density at radius 1 is 1.05 bits per heavy atom. The zero-order chi connectivity index (χ0) is 14.2. The molecule has 0 aromatic heterocycles. The van der Waals surface area contributed by atoms with E-state index >= 15 is 0 Å². The highest BCUT2D eigenvalue weighted by molar-refractivity contribution is 5.70. The van der Waals surface area contributed by atoms with E-state index in [2.05, 4.69) is 5.32 Å². The average molecular weight is 271 g/mol. The van der Waals surface area contributed by atoms with E-state index < -0.39 is 6.09 Å². The van der Waals surface area contributed by atoms with Crippen molar-refractivity contribution < 1.29 is 14.6 Å². The SMILES string of the molecule is O=C(NCCCc1ccc(O)cc1)Oc1ccccc1. The summed E-state index contributed by atoms with van der Waals surface area (Å²) >= 11 is 0. The maximum absolute atomic E-state index is 11.5. The second-order valence-corrected chi connectivity index (χ2v) is 4.40. The largest absolute Gasteiger partial charge is 0.508 e. The molecule has 0 aliphatic heterocycles. The van der Waals surface area contributed by atoms with Crippen LogP contribution < -0.4 is 10.1 Å². The highest BCUT2D eigenvalue weighted by Crippen LogP contribution is 2.11. The molecule has 0 unspecified atom stereocenters. The summed E-state index contributed by atoms with van der Waals surface area (Å²) in [6.07, 6.45) is 1.21. The number of carbonyl (C=O) groups is 1. The fourth-order valence-corrected chi connectivity index (χ4v) is 1.78. The molecule has 4 nitrogen and oxygen atoms in total. The van der Waals surface area contributed by atoms with Crippen molar-refractivity contribution in [3.63, 3.8) is 0 Å². The van der Waals surface area contributed by atoms with Gasteiger partial charge < -0.3 is 15.2 Å². The van der Waals surface area contributed by atoms with Crippen molar-refractivity contribution in [2.45, 2.75) is 12.8 Å². The summed E-state index contributed by atoms with van der Waals surface area (Å²) < 4.78 is 5.10. The van der Waals surface area contributed by atoms with Crippen LogP contribution >= 0.6 is 0 Å². The molecule has 0 saturated heterocycles. The first-order valence-electron chi connectivity index (χ1n) is 6.53. The Hall–Kier alpha value is -2.49. The van der Waals surface area contributed by atoms with E-state index in [0.717, 1.165) is 18.4 Å². The molecule has 0 aliphatic carbocycles. The number of phenols is 1. The Bertz CT molecular complexity index is 537. The molecule has 2 aromatic carbocycles. The second-order valence-electron chi connectivity index (χ2n) is 4.40. The van der Waals surface area contributed by atoms with Crippen LogP contribution in [0.3, 0.4) is 0 Å². The van der Waals surface area contributed by atoms with Crippen LogP contribution in [0.25, 0.3) is 0 Å². The third-order valence-electron chi connectivity index (χ3n) is 2.80. The quantitative estimate of drug-likeness (QED) is 0.821. The van der Waals surface area contributed by atoms with Gasteiger partial charge in [-0.05, 0) is 42.7 Å². The Morgan fingerprint density at radius 2 is 1.75 bits per heavy atom. The minimum atomic E-state index is -0.443. The van der Waals surface area contributed by atoms with Crippen molar-refractivity contribution in [3.8, 4) is 11.5 Å². The molecule has 0 atom stereocenters. The number of hydrogen-bond donors (Lipinski definition) is 2. The van der Waals surface area contributed by atoms with Crippen LogP contribution in [0.2, 0.25) is 0 Å². The molecule has 0 bridgehead atoms. The highest BCUT2D eigenvalue weighted by atomic mass is 16.5. The van der Waals surface area contributed by atoms with Gasteiger partial charge in [0, 0.05) is 6.54 Å². The Balaban J connectivity index is 1.66. The number of nitrogens with one attached hydrogen (secondary N) is 1. The Labute approximate surface area is 118 Å². The highest BCUT2D eigenvalue weighted by Gasteiger charge is 2.02. The van der Waals surface area contributed by atoms with Gasteiger partial charge in [-0.3, -0.25) is 0 Å². The molecular weight excluding hydrogens is 254 g/mol. The molecule has 104 valence electrons. The van der Waals surface area contributed by atoms with E-state index in [1.165, 1.54) is 0 Å². The molecule has 2 aromatic rings. The number of benzene rings is 2. The first-order valence-corrected chi connectivity index (χ1v) is 6.53. The summed E-state index contributed by atoms with van der Waals surface area (Å²) in [4.78, 5) is 11.5. The second kappa shape index (κ2) is 7.19. The van der Waals surface area contributed by atoms with Gasteiger partial charge in [-0.15, -0.1) is 0 Å². The smallest absolute Gasteiger partial charge is 0.412 e. The monoisotopic (exact) mass is 271 g/mol. The third-order valence-corrected chi connectivity index (χ3v) is 2.80. The van der Waals surface area contributed by atoms with Crippen molar-refractivity contribution in [1.29, 1.82) is 0 Å². The summed E-state index contributed by atoms with van der Waals surface area (Å²) in [6.45, 7) is 0.548.